The van der Waals surface area contributed by atoms with Gasteiger partial charge in [0, 0.05) is 36.3 Å². The van der Waals surface area contributed by atoms with Crippen molar-refractivity contribution in [2.45, 2.75) is 6.42 Å². The molecule has 2 amide bonds. The summed E-state index contributed by atoms with van der Waals surface area (Å²) in [6.45, 7) is 0.410. The molecule has 0 atom stereocenters. The van der Waals surface area contributed by atoms with Crippen LogP contribution in [0.3, 0.4) is 0 Å². The lowest BCUT2D eigenvalue weighted by Crippen LogP contribution is -2.29. The average Bonchev–Trinajstić information content (AvgIpc) is 2.79. The SMILES string of the molecule is COc1ccc(-c2ccnc(Nc3cccc(NC(=O)NCCCO)c3)n2)cc1C#N. The molecule has 9 heteroatoms. The number of amides is 2. The molecule has 0 saturated heterocycles. The summed E-state index contributed by atoms with van der Waals surface area (Å²) in [6.07, 6.45) is 2.12. The summed E-state index contributed by atoms with van der Waals surface area (Å²) in [5.74, 6) is 0.875. The normalized spacial score (nSPS) is 10.1. The second-order valence-corrected chi connectivity index (χ2v) is 6.46. The van der Waals surface area contributed by atoms with E-state index >= 15 is 0 Å². The molecule has 31 heavy (non-hydrogen) atoms. The quantitative estimate of drug-likeness (QED) is 0.413. The number of aromatic nitrogens is 2. The van der Waals surface area contributed by atoms with Crippen LogP contribution in [0.2, 0.25) is 0 Å². The van der Waals surface area contributed by atoms with E-state index in [0.29, 0.717) is 47.3 Å². The summed E-state index contributed by atoms with van der Waals surface area (Å²) in [5.41, 5.74) is 3.12. The van der Waals surface area contributed by atoms with Crippen LogP contribution >= 0.6 is 0 Å². The number of nitrogens with one attached hydrogen (secondary N) is 3. The van der Waals surface area contributed by atoms with Crippen LogP contribution in [0.15, 0.2) is 54.7 Å². The fraction of sp³-hybridized carbons (Fsp3) is 0.182. The monoisotopic (exact) mass is 418 g/mol. The fourth-order valence-corrected chi connectivity index (χ4v) is 2.79. The van der Waals surface area contributed by atoms with E-state index in [0.717, 1.165) is 5.56 Å². The predicted molar refractivity (Wildman–Crippen MR) is 117 cm³/mol. The number of hydrogen-bond acceptors (Lipinski definition) is 7. The van der Waals surface area contributed by atoms with E-state index in [4.69, 9.17) is 9.84 Å². The molecule has 2 aromatic carbocycles. The number of carbonyl (C=O) groups is 1. The molecule has 1 heterocycles. The van der Waals surface area contributed by atoms with Crippen LogP contribution in [0.5, 0.6) is 5.75 Å². The van der Waals surface area contributed by atoms with Gasteiger partial charge in [-0.2, -0.15) is 5.26 Å². The molecular formula is C22H22N6O3. The number of hydrogen-bond donors (Lipinski definition) is 4. The number of aliphatic hydroxyl groups excluding tert-OH is 1. The van der Waals surface area contributed by atoms with Gasteiger partial charge in [-0.25, -0.2) is 14.8 Å². The maximum atomic E-state index is 11.9. The highest BCUT2D eigenvalue weighted by molar-refractivity contribution is 5.89. The smallest absolute Gasteiger partial charge is 0.319 e. The van der Waals surface area contributed by atoms with Crippen LogP contribution in [0, 0.1) is 11.3 Å². The van der Waals surface area contributed by atoms with Crippen LogP contribution in [0.1, 0.15) is 12.0 Å². The molecule has 4 N–H and O–H groups in total. The predicted octanol–water partition coefficient (Wildman–Crippen LogP) is 3.27. The van der Waals surface area contributed by atoms with Gasteiger partial charge in [0.25, 0.3) is 0 Å². The molecule has 0 radical (unpaired) electrons. The minimum Gasteiger partial charge on any atom is -0.495 e. The van der Waals surface area contributed by atoms with Crippen molar-refractivity contribution in [3.8, 4) is 23.1 Å². The topological polar surface area (TPSA) is 132 Å². The zero-order chi connectivity index (χ0) is 22.1. The number of aliphatic hydroxyl groups is 1. The minimum atomic E-state index is -0.350. The molecule has 0 spiro atoms. The minimum absolute atomic E-state index is 0.0209. The molecule has 0 unspecified atom stereocenters. The maximum absolute atomic E-state index is 11.9. The zero-order valence-corrected chi connectivity index (χ0v) is 16.9. The first kappa shape index (κ1) is 21.5. The van der Waals surface area contributed by atoms with E-state index in [1.807, 2.05) is 12.1 Å². The highest BCUT2D eigenvalue weighted by Gasteiger charge is 2.08. The van der Waals surface area contributed by atoms with Crippen LogP contribution in [0.25, 0.3) is 11.3 Å². The zero-order valence-electron chi connectivity index (χ0n) is 16.9. The van der Waals surface area contributed by atoms with E-state index in [9.17, 15) is 10.1 Å². The second-order valence-electron chi connectivity index (χ2n) is 6.46. The number of benzene rings is 2. The first-order valence-corrected chi connectivity index (χ1v) is 9.57. The summed E-state index contributed by atoms with van der Waals surface area (Å²) in [6, 6.07) is 15.9. The summed E-state index contributed by atoms with van der Waals surface area (Å²) in [4.78, 5) is 20.6. The van der Waals surface area contributed by atoms with Crippen LogP contribution in [-0.2, 0) is 0 Å². The van der Waals surface area contributed by atoms with Crippen molar-refractivity contribution >= 4 is 23.4 Å². The lowest BCUT2D eigenvalue weighted by Gasteiger charge is -2.10. The number of ether oxygens (including phenoxy) is 1. The van der Waals surface area contributed by atoms with Crippen molar-refractivity contribution in [2.24, 2.45) is 0 Å². The van der Waals surface area contributed by atoms with Gasteiger partial charge in [-0.05, 0) is 48.9 Å². The van der Waals surface area contributed by atoms with Gasteiger partial charge in [0.2, 0.25) is 5.95 Å². The van der Waals surface area contributed by atoms with Crippen molar-refractivity contribution in [3.05, 3.63) is 60.3 Å². The van der Waals surface area contributed by atoms with Crippen LogP contribution in [-0.4, -0.2) is 41.4 Å². The van der Waals surface area contributed by atoms with E-state index in [2.05, 4.69) is 32.0 Å². The third-order valence-electron chi connectivity index (χ3n) is 4.27. The number of methoxy groups -OCH3 is 1. The van der Waals surface area contributed by atoms with Crippen LogP contribution < -0.4 is 20.7 Å². The number of nitrogens with zero attached hydrogens (tertiary/aromatic N) is 3. The number of urea groups is 1. The molecule has 0 bridgehead atoms. The van der Waals surface area contributed by atoms with Gasteiger partial charge in [-0.1, -0.05) is 6.07 Å². The standard InChI is InChI=1S/C22H22N6O3/c1-31-20-7-6-15(12-16(20)14-23)19-8-10-24-21(28-19)26-17-4-2-5-18(13-17)27-22(30)25-9-3-11-29/h2,4-8,10,12-13,29H,3,9,11H2,1H3,(H,24,26,28)(H2,25,27,30). The molecule has 9 nitrogen and oxygen atoms in total. The third kappa shape index (κ3) is 5.91. The van der Waals surface area contributed by atoms with Gasteiger partial charge >= 0.3 is 6.03 Å². The lowest BCUT2D eigenvalue weighted by atomic mass is 10.1. The molecule has 0 aliphatic heterocycles. The summed E-state index contributed by atoms with van der Waals surface area (Å²) >= 11 is 0. The lowest BCUT2D eigenvalue weighted by molar-refractivity contribution is 0.249. The fourth-order valence-electron chi connectivity index (χ4n) is 2.79. The molecule has 1 aromatic heterocycles. The van der Waals surface area contributed by atoms with Gasteiger partial charge in [0.1, 0.15) is 11.8 Å². The number of nitriles is 1. The Morgan fingerprint density at radius 1 is 1.19 bits per heavy atom. The molecule has 3 aromatic rings. The van der Waals surface area contributed by atoms with Gasteiger partial charge in [0.15, 0.2) is 0 Å². The first-order valence-electron chi connectivity index (χ1n) is 9.57. The second kappa shape index (κ2) is 10.6. The Hall–Kier alpha value is -4.16. The third-order valence-corrected chi connectivity index (χ3v) is 4.27. The van der Waals surface area contributed by atoms with Gasteiger partial charge in [-0.3, -0.25) is 0 Å². The van der Waals surface area contributed by atoms with Gasteiger partial charge in [0.05, 0.1) is 18.4 Å². The summed E-state index contributed by atoms with van der Waals surface area (Å²) < 4.78 is 5.18. The Morgan fingerprint density at radius 2 is 2.03 bits per heavy atom. The van der Waals surface area contributed by atoms with Crippen molar-refractivity contribution in [1.29, 1.82) is 5.26 Å². The number of rotatable bonds is 8. The van der Waals surface area contributed by atoms with Crippen LogP contribution in [0.4, 0.5) is 22.1 Å². The van der Waals surface area contributed by atoms with Crippen molar-refractivity contribution in [3.63, 3.8) is 0 Å². The Kier molecular flexibility index (Phi) is 7.35. The number of carbonyl (C=O) groups excluding carboxylic acids is 1. The molecule has 0 saturated carbocycles. The highest BCUT2D eigenvalue weighted by Crippen LogP contribution is 2.26. The molecule has 0 aliphatic rings. The Bertz CT molecular complexity index is 1100. The number of anilines is 3. The summed E-state index contributed by atoms with van der Waals surface area (Å²) in [7, 11) is 1.52. The summed E-state index contributed by atoms with van der Waals surface area (Å²) in [5, 5.41) is 26.6. The first-order chi connectivity index (χ1) is 15.1. The van der Waals surface area contributed by atoms with Crippen molar-refractivity contribution < 1.29 is 14.6 Å². The van der Waals surface area contributed by atoms with E-state index in [1.54, 1.807) is 42.6 Å². The maximum Gasteiger partial charge on any atom is 0.319 e. The molecular weight excluding hydrogens is 396 g/mol. The average molecular weight is 418 g/mol. The Labute approximate surface area is 179 Å². The van der Waals surface area contributed by atoms with Gasteiger partial charge < -0.3 is 25.8 Å². The Morgan fingerprint density at radius 3 is 2.81 bits per heavy atom. The van der Waals surface area contributed by atoms with E-state index in [-0.39, 0.29) is 12.6 Å². The van der Waals surface area contributed by atoms with Crippen molar-refractivity contribution in [1.82, 2.24) is 15.3 Å². The highest BCUT2D eigenvalue weighted by atomic mass is 16.5. The molecule has 3 rings (SSSR count). The molecule has 0 fully saturated rings. The largest absolute Gasteiger partial charge is 0.495 e. The Balaban J connectivity index is 1.73. The van der Waals surface area contributed by atoms with Gasteiger partial charge in [-0.15, -0.1) is 0 Å². The van der Waals surface area contributed by atoms with E-state index in [1.165, 1.54) is 7.11 Å². The van der Waals surface area contributed by atoms with E-state index < -0.39 is 0 Å². The molecule has 158 valence electrons. The van der Waals surface area contributed by atoms with Crippen molar-refractivity contribution in [2.75, 3.05) is 30.9 Å². The molecule has 0 aliphatic carbocycles.